The average molecular weight is 325 g/mol. The number of alkyl halides is 3. The van der Waals surface area contributed by atoms with Gasteiger partial charge in [-0.05, 0) is 43.5 Å². The van der Waals surface area contributed by atoms with Gasteiger partial charge >= 0.3 is 6.18 Å². The number of aromatic nitrogens is 1. The second-order valence-electron chi connectivity index (χ2n) is 5.59. The molecule has 1 aromatic carbocycles. The standard InChI is InChI=1S/C16H14F3NO3/c1-9-6-11(22-8-16(17,18)19)4-5-12(9)14(21)13-7-20-23-15(13)10-2-3-10/h4-7,10H,2-3,8H2,1H3. The quantitative estimate of drug-likeness (QED) is 0.779. The Morgan fingerprint density at radius 2 is 2.09 bits per heavy atom. The van der Waals surface area contributed by atoms with Crippen LogP contribution in [0.2, 0.25) is 0 Å². The second kappa shape index (κ2) is 5.72. The third kappa shape index (κ3) is 3.55. The Morgan fingerprint density at radius 3 is 2.70 bits per heavy atom. The summed E-state index contributed by atoms with van der Waals surface area (Å²) in [6.07, 6.45) is -1.06. The minimum absolute atomic E-state index is 0.0733. The lowest BCUT2D eigenvalue weighted by molar-refractivity contribution is -0.153. The molecule has 0 aliphatic heterocycles. The fourth-order valence-electron chi connectivity index (χ4n) is 2.35. The largest absolute Gasteiger partial charge is 0.484 e. The average Bonchev–Trinajstić information content (AvgIpc) is 3.21. The maximum atomic E-state index is 12.6. The Hall–Kier alpha value is -2.31. The van der Waals surface area contributed by atoms with Crippen LogP contribution in [0.3, 0.4) is 0 Å². The van der Waals surface area contributed by atoms with Crippen LogP contribution in [0.25, 0.3) is 0 Å². The highest BCUT2D eigenvalue weighted by Crippen LogP contribution is 2.42. The van der Waals surface area contributed by atoms with Gasteiger partial charge < -0.3 is 9.26 Å². The number of carbonyl (C=O) groups is 1. The van der Waals surface area contributed by atoms with E-state index in [9.17, 15) is 18.0 Å². The minimum atomic E-state index is -4.40. The van der Waals surface area contributed by atoms with Gasteiger partial charge in [0.15, 0.2) is 18.2 Å². The summed E-state index contributed by atoms with van der Waals surface area (Å²) in [4.78, 5) is 12.6. The van der Waals surface area contributed by atoms with Crippen molar-refractivity contribution in [3.8, 4) is 5.75 Å². The Morgan fingerprint density at radius 1 is 1.35 bits per heavy atom. The third-order valence-corrected chi connectivity index (χ3v) is 3.64. The van der Waals surface area contributed by atoms with Crippen LogP contribution in [0.1, 0.15) is 46.0 Å². The van der Waals surface area contributed by atoms with Gasteiger partial charge in [0.05, 0.1) is 11.8 Å². The lowest BCUT2D eigenvalue weighted by atomic mass is 9.98. The van der Waals surface area contributed by atoms with Crippen molar-refractivity contribution in [2.24, 2.45) is 0 Å². The zero-order valence-electron chi connectivity index (χ0n) is 12.3. The van der Waals surface area contributed by atoms with Crippen molar-refractivity contribution in [2.45, 2.75) is 31.9 Å². The Balaban J connectivity index is 1.80. The van der Waals surface area contributed by atoms with Crippen molar-refractivity contribution < 1.29 is 27.2 Å². The number of hydrogen-bond acceptors (Lipinski definition) is 4. The molecule has 2 aromatic rings. The van der Waals surface area contributed by atoms with Crippen LogP contribution in [0, 0.1) is 6.92 Å². The lowest BCUT2D eigenvalue weighted by Crippen LogP contribution is -2.19. The van der Waals surface area contributed by atoms with E-state index < -0.39 is 12.8 Å². The molecule has 1 aliphatic carbocycles. The van der Waals surface area contributed by atoms with E-state index in [1.807, 2.05) is 0 Å². The van der Waals surface area contributed by atoms with Crippen molar-refractivity contribution in [3.63, 3.8) is 0 Å². The van der Waals surface area contributed by atoms with Gasteiger partial charge in [0.25, 0.3) is 0 Å². The molecule has 0 atom stereocenters. The van der Waals surface area contributed by atoms with Crippen LogP contribution in [-0.4, -0.2) is 23.7 Å². The summed E-state index contributed by atoms with van der Waals surface area (Å²) in [5.74, 6) is 0.662. The van der Waals surface area contributed by atoms with Crippen LogP contribution in [-0.2, 0) is 0 Å². The van der Waals surface area contributed by atoms with Crippen molar-refractivity contribution in [1.82, 2.24) is 5.16 Å². The van der Waals surface area contributed by atoms with E-state index >= 15 is 0 Å². The Labute approximate surface area is 130 Å². The van der Waals surface area contributed by atoms with E-state index in [1.165, 1.54) is 24.4 Å². The van der Waals surface area contributed by atoms with Crippen molar-refractivity contribution in [2.75, 3.05) is 6.61 Å². The minimum Gasteiger partial charge on any atom is -0.484 e. The molecule has 1 saturated carbocycles. The van der Waals surface area contributed by atoms with Gasteiger partial charge in [-0.2, -0.15) is 13.2 Å². The van der Waals surface area contributed by atoms with Gasteiger partial charge in [-0.3, -0.25) is 4.79 Å². The first-order valence-electron chi connectivity index (χ1n) is 7.14. The highest BCUT2D eigenvalue weighted by molar-refractivity contribution is 6.10. The summed E-state index contributed by atoms with van der Waals surface area (Å²) in [5.41, 5.74) is 1.35. The molecule has 3 rings (SSSR count). The van der Waals surface area contributed by atoms with Crippen LogP contribution in [0.15, 0.2) is 28.9 Å². The number of rotatable bonds is 5. The first-order chi connectivity index (χ1) is 10.8. The van der Waals surface area contributed by atoms with Gasteiger partial charge in [0, 0.05) is 11.5 Å². The summed E-state index contributed by atoms with van der Waals surface area (Å²) in [6, 6.07) is 4.24. The number of carbonyl (C=O) groups excluding carboxylic acids is 1. The molecule has 1 fully saturated rings. The Kier molecular flexibility index (Phi) is 3.87. The molecule has 0 N–H and O–H groups in total. The first kappa shape index (κ1) is 15.6. The summed E-state index contributed by atoms with van der Waals surface area (Å²) < 4.78 is 46.3. The molecule has 7 heteroatoms. The van der Waals surface area contributed by atoms with Crippen LogP contribution >= 0.6 is 0 Å². The smallest absolute Gasteiger partial charge is 0.422 e. The molecule has 0 saturated heterocycles. The van der Waals surface area contributed by atoms with Crippen LogP contribution in [0.4, 0.5) is 13.2 Å². The summed E-state index contributed by atoms with van der Waals surface area (Å²) in [7, 11) is 0. The number of hydrogen-bond donors (Lipinski definition) is 0. The molecule has 0 radical (unpaired) electrons. The molecular weight excluding hydrogens is 311 g/mol. The van der Waals surface area contributed by atoms with Gasteiger partial charge in [0.2, 0.25) is 0 Å². The molecule has 0 unspecified atom stereocenters. The molecule has 1 aromatic heterocycles. The van der Waals surface area contributed by atoms with Gasteiger partial charge in [-0.15, -0.1) is 0 Å². The topological polar surface area (TPSA) is 52.3 Å². The van der Waals surface area contributed by atoms with Crippen molar-refractivity contribution >= 4 is 5.78 Å². The summed E-state index contributed by atoms with van der Waals surface area (Å²) in [5, 5.41) is 3.69. The highest BCUT2D eigenvalue weighted by atomic mass is 19.4. The molecular formula is C16H14F3NO3. The molecule has 1 aliphatic rings. The zero-order valence-corrected chi connectivity index (χ0v) is 12.3. The van der Waals surface area contributed by atoms with Crippen molar-refractivity contribution in [3.05, 3.63) is 46.8 Å². The number of halogens is 3. The molecule has 1 heterocycles. The van der Waals surface area contributed by atoms with E-state index in [4.69, 9.17) is 4.52 Å². The highest BCUT2D eigenvalue weighted by Gasteiger charge is 2.33. The number of benzene rings is 1. The number of nitrogens with zero attached hydrogens (tertiary/aromatic N) is 1. The number of ether oxygens (including phenoxy) is 1. The van der Waals surface area contributed by atoms with E-state index in [-0.39, 0.29) is 17.5 Å². The van der Waals surface area contributed by atoms with Crippen molar-refractivity contribution in [1.29, 1.82) is 0 Å². The Bertz CT molecular complexity index is 732. The normalized spacial score (nSPS) is 14.8. The zero-order chi connectivity index (χ0) is 16.6. The summed E-state index contributed by atoms with van der Waals surface area (Å²) in [6.45, 7) is 0.287. The molecule has 0 amide bonds. The molecule has 4 nitrogen and oxygen atoms in total. The molecule has 0 bridgehead atoms. The van der Waals surface area contributed by atoms with E-state index in [1.54, 1.807) is 6.92 Å². The number of ketones is 1. The van der Waals surface area contributed by atoms with E-state index in [0.29, 0.717) is 22.5 Å². The van der Waals surface area contributed by atoms with Crippen LogP contribution in [0.5, 0.6) is 5.75 Å². The van der Waals surface area contributed by atoms with Gasteiger partial charge in [-0.1, -0.05) is 5.16 Å². The fraction of sp³-hybridized carbons (Fsp3) is 0.375. The predicted octanol–water partition coefficient (Wildman–Crippen LogP) is 4.03. The third-order valence-electron chi connectivity index (χ3n) is 3.64. The maximum Gasteiger partial charge on any atom is 0.422 e. The first-order valence-corrected chi connectivity index (χ1v) is 7.14. The molecule has 122 valence electrons. The lowest BCUT2D eigenvalue weighted by Gasteiger charge is -2.11. The summed E-state index contributed by atoms with van der Waals surface area (Å²) >= 11 is 0. The van der Waals surface area contributed by atoms with Gasteiger partial charge in [-0.25, -0.2) is 0 Å². The SMILES string of the molecule is Cc1cc(OCC(F)(F)F)ccc1C(=O)c1cnoc1C1CC1. The molecule has 0 spiro atoms. The van der Waals surface area contributed by atoms with E-state index in [0.717, 1.165) is 12.8 Å². The van der Waals surface area contributed by atoms with E-state index in [2.05, 4.69) is 9.89 Å². The second-order valence-corrected chi connectivity index (χ2v) is 5.59. The molecule has 23 heavy (non-hydrogen) atoms. The predicted molar refractivity (Wildman–Crippen MR) is 74.6 cm³/mol. The monoisotopic (exact) mass is 325 g/mol. The van der Waals surface area contributed by atoms with Gasteiger partial charge in [0.1, 0.15) is 5.75 Å². The maximum absolute atomic E-state index is 12.6. The van der Waals surface area contributed by atoms with Crippen LogP contribution < -0.4 is 4.74 Å². The number of aryl methyl sites for hydroxylation is 1. The fourth-order valence-corrected chi connectivity index (χ4v) is 2.35.